The van der Waals surface area contributed by atoms with Crippen LogP contribution in [0.3, 0.4) is 0 Å². The van der Waals surface area contributed by atoms with E-state index in [1.165, 1.54) is 7.11 Å². The first kappa shape index (κ1) is 17.1. The van der Waals surface area contributed by atoms with E-state index in [0.29, 0.717) is 29.2 Å². The number of benzene rings is 2. The van der Waals surface area contributed by atoms with Crippen LogP contribution in [0.15, 0.2) is 36.4 Å². The average Bonchev–Trinajstić information content (AvgIpc) is 2.59. The zero-order valence-corrected chi connectivity index (χ0v) is 14.9. The number of nitriles is 1. The molecule has 0 heterocycles. The molecule has 0 aliphatic rings. The molecule has 0 unspecified atom stereocenters. The summed E-state index contributed by atoms with van der Waals surface area (Å²) < 4.78 is 11.2. The van der Waals surface area contributed by atoms with E-state index in [9.17, 15) is 4.79 Å². The Morgan fingerprint density at radius 1 is 1.22 bits per heavy atom. The Hall–Kier alpha value is -2.27. The van der Waals surface area contributed by atoms with Crippen molar-refractivity contribution in [1.29, 1.82) is 5.26 Å². The maximum atomic E-state index is 12.4. The summed E-state index contributed by atoms with van der Waals surface area (Å²) in [6.07, 6.45) is 0. The topological polar surface area (TPSA) is 71.3 Å². The van der Waals surface area contributed by atoms with Gasteiger partial charge in [-0.25, -0.2) is 0 Å². The van der Waals surface area contributed by atoms with Crippen LogP contribution in [-0.4, -0.2) is 20.1 Å². The summed E-state index contributed by atoms with van der Waals surface area (Å²) in [7, 11) is 3.08. The molecule has 0 atom stereocenters. The lowest BCUT2D eigenvalue weighted by Crippen LogP contribution is -2.23. The number of methoxy groups -OCH3 is 2. The Morgan fingerprint density at radius 2 is 1.91 bits per heavy atom. The van der Waals surface area contributed by atoms with E-state index in [0.717, 1.165) is 9.13 Å². The number of carbonyl (C=O) groups is 1. The number of ether oxygens (including phenoxy) is 2. The lowest BCUT2D eigenvalue weighted by molar-refractivity contribution is 0.0949. The van der Waals surface area contributed by atoms with Crippen LogP contribution in [0, 0.1) is 14.9 Å². The van der Waals surface area contributed by atoms with E-state index in [4.69, 9.17) is 14.7 Å². The quantitative estimate of drug-likeness (QED) is 0.752. The Labute approximate surface area is 148 Å². The number of hydrogen-bond acceptors (Lipinski definition) is 4. The van der Waals surface area contributed by atoms with Gasteiger partial charge in [0.2, 0.25) is 0 Å². The van der Waals surface area contributed by atoms with Gasteiger partial charge in [-0.1, -0.05) is 12.1 Å². The highest BCUT2D eigenvalue weighted by Gasteiger charge is 2.15. The number of carbonyl (C=O) groups excluding carboxylic acids is 1. The molecule has 5 nitrogen and oxygen atoms in total. The average molecular weight is 422 g/mol. The zero-order valence-electron chi connectivity index (χ0n) is 12.7. The molecule has 118 valence electrons. The van der Waals surface area contributed by atoms with Crippen molar-refractivity contribution in [3.63, 3.8) is 0 Å². The SMILES string of the molecule is COc1cc(I)c(C(=O)NCc2cccc(C#N)c2)cc1OC. The summed E-state index contributed by atoms with van der Waals surface area (Å²) >= 11 is 2.08. The summed E-state index contributed by atoms with van der Waals surface area (Å²) in [5, 5.41) is 11.7. The third-order valence-electron chi connectivity index (χ3n) is 3.23. The van der Waals surface area contributed by atoms with E-state index in [2.05, 4.69) is 34.0 Å². The van der Waals surface area contributed by atoms with Gasteiger partial charge in [0.05, 0.1) is 31.4 Å². The fraction of sp³-hybridized carbons (Fsp3) is 0.176. The molecule has 0 aromatic heterocycles. The van der Waals surface area contributed by atoms with E-state index >= 15 is 0 Å². The predicted octanol–water partition coefficient (Wildman–Crippen LogP) is 3.11. The number of nitrogens with one attached hydrogen (secondary N) is 1. The molecular weight excluding hydrogens is 407 g/mol. The molecule has 23 heavy (non-hydrogen) atoms. The first-order valence-corrected chi connectivity index (χ1v) is 7.85. The molecular formula is C17H15IN2O3. The first-order chi connectivity index (χ1) is 11.1. The first-order valence-electron chi connectivity index (χ1n) is 6.77. The van der Waals surface area contributed by atoms with Gasteiger partial charge < -0.3 is 14.8 Å². The lowest BCUT2D eigenvalue weighted by Gasteiger charge is -2.12. The summed E-state index contributed by atoms with van der Waals surface area (Å²) in [6.45, 7) is 0.346. The maximum Gasteiger partial charge on any atom is 0.252 e. The molecule has 0 aliphatic carbocycles. The molecule has 2 rings (SSSR count). The van der Waals surface area contributed by atoms with Gasteiger partial charge in [0.25, 0.3) is 5.91 Å². The summed E-state index contributed by atoms with van der Waals surface area (Å²) in [6, 6.07) is 12.6. The summed E-state index contributed by atoms with van der Waals surface area (Å²) in [4.78, 5) is 12.4. The van der Waals surface area contributed by atoms with Crippen LogP contribution in [-0.2, 0) is 6.54 Å². The van der Waals surface area contributed by atoms with E-state index in [1.54, 1.807) is 37.4 Å². The third kappa shape index (κ3) is 4.13. The highest BCUT2D eigenvalue weighted by atomic mass is 127. The smallest absolute Gasteiger partial charge is 0.252 e. The molecule has 0 bridgehead atoms. The summed E-state index contributed by atoms with van der Waals surface area (Å²) in [5.74, 6) is 0.873. The van der Waals surface area contributed by atoms with Crippen molar-refractivity contribution in [2.75, 3.05) is 14.2 Å². The normalized spacial score (nSPS) is 9.83. The van der Waals surface area contributed by atoms with E-state index < -0.39 is 0 Å². The van der Waals surface area contributed by atoms with Gasteiger partial charge in [0.1, 0.15) is 0 Å². The Balaban J connectivity index is 2.16. The number of rotatable bonds is 5. The minimum atomic E-state index is -0.210. The number of hydrogen-bond donors (Lipinski definition) is 1. The molecule has 0 aliphatic heterocycles. The minimum Gasteiger partial charge on any atom is -0.493 e. The largest absolute Gasteiger partial charge is 0.493 e. The van der Waals surface area contributed by atoms with Crippen LogP contribution in [0.2, 0.25) is 0 Å². The molecule has 0 fully saturated rings. The Morgan fingerprint density at radius 3 is 2.57 bits per heavy atom. The molecule has 1 amide bonds. The van der Waals surface area contributed by atoms with Crippen molar-refractivity contribution in [1.82, 2.24) is 5.32 Å². The number of amides is 1. The molecule has 2 aromatic carbocycles. The van der Waals surface area contributed by atoms with Crippen molar-refractivity contribution in [3.8, 4) is 17.6 Å². The Bertz CT molecular complexity index is 769. The fourth-order valence-corrected chi connectivity index (χ4v) is 2.74. The molecule has 0 saturated carbocycles. The highest BCUT2D eigenvalue weighted by Crippen LogP contribution is 2.31. The van der Waals surface area contributed by atoms with E-state index in [-0.39, 0.29) is 5.91 Å². The van der Waals surface area contributed by atoms with Crippen LogP contribution in [0.25, 0.3) is 0 Å². The summed E-state index contributed by atoms with van der Waals surface area (Å²) in [5.41, 5.74) is 1.95. The van der Waals surface area contributed by atoms with Crippen LogP contribution < -0.4 is 14.8 Å². The minimum absolute atomic E-state index is 0.210. The fourth-order valence-electron chi connectivity index (χ4n) is 2.06. The van der Waals surface area contributed by atoms with Crippen molar-refractivity contribution in [2.24, 2.45) is 0 Å². The molecule has 1 N–H and O–H groups in total. The standard InChI is InChI=1S/C17H15IN2O3/c1-22-15-7-13(14(18)8-16(15)23-2)17(21)20-10-12-5-3-4-11(6-12)9-19/h3-8H,10H2,1-2H3,(H,20,21). The van der Waals surface area contributed by atoms with Gasteiger partial charge in [0, 0.05) is 10.1 Å². The molecule has 0 saturated heterocycles. The monoisotopic (exact) mass is 422 g/mol. The highest BCUT2D eigenvalue weighted by molar-refractivity contribution is 14.1. The van der Waals surface area contributed by atoms with Crippen molar-refractivity contribution >= 4 is 28.5 Å². The van der Waals surface area contributed by atoms with Crippen LogP contribution in [0.1, 0.15) is 21.5 Å². The maximum absolute atomic E-state index is 12.4. The van der Waals surface area contributed by atoms with Gasteiger partial charge in [-0.3, -0.25) is 4.79 Å². The predicted molar refractivity (Wildman–Crippen MR) is 94.6 cm³/mol. The van der Waals surface area contributed by atoms with Gasteiger partial charge in [0.15, 0.2) is 11.5 Å². The Kier molecular flexibility index (Phi) is 5.82. The lowest BCUT2D eigenvalue weighted by atomic mass is 10.1. The van der Waals surface area contributed by atoms with Gasteiger partial charge in [-0.05, 0) is 52.4 Å². The second-order valence-electron chi connectivity index (χ2n) is 4.68. The van der Waals surface area contributed by atoms with Crippen molar-refractivity contribution < 1.29 is 14.3 Å². The molecule has 2 aromatic rings. The number of halogens is 1. The van der Waals surface area contributed by atoms with Gasteiger partial charge >= 0.3 is 0 Å². The molecule has 0 radical (unpaired) electrons. The van der Waals surface area contributed by atoms with Crippen LogP contribution in [0.5, 0.6) is 11.5 Å². The van der Waals surface area contributed by atoms with E-state index in [1.807, 2.05) is 6.07 Å². The second-order valence-corrected chi connectivity index (χ2v) is 5.84. The number of nitrogens with zero attached hydrogens (tertiary/aromatic N) is 1. The van der Waals surface area contributed by atoms with Gasteiger partial charge in [-0.15, -0.1) is 0 Å². The second kappa shape index (κ2) is 7.83. The van der Waals surface area contributed by atoms with Crippen LogP contribution >= 0.6 is 22.6 Å². The molecule has 6 heteroatoms. The zero-order chi connectivity index (χ0) is 16.8. The molecule has 0 spiro atoms. The third-order valence-corrected chi connectivity index (χ3v) is 4.12. The van der Waals surface area contributed by atoms with Gasteiger partial charge in [-0.2, -0.15) is 5.26 Å². The van der Waals surface area contributed by atoms with Crippen molar-refractivity contribution in [3.05, 3.63) is 56.7 Å². The van der Waals surface area contributed by atoms with Crippen LogP contribution in [0.4, 0.5) is 0 Å². The van der Waals surface area contributed by atoms with Crippen molar-refractivity contribution in [2.45, 2.75) is 6.54 Å².